The molecular weight excluding hydrogens is 430 g/mol. The monoisotopic (exact) mass is 459 g/mol. The molecule has 2 rings (SSSR count). The van der Waals surface area contributed by atoms with Gasteiger partial charge in [-0.3, -0.25) is 9.59 Å². The van der Waals surface area contributed by atoms with Gasteiger partial charge in [0.25, 0.3) is 0 Å². The standard InChI is InChI=1S/C24H30ClN3O4/c25-20-11-5-4-10-18(20)16-32-24(31)28-13-7-6-12-21(26)22(29)15-19(23(27)30)14-17-8-2-1-3-9-17/h1-5,8-11,19,21H,6-7,12-16,26H2,(H2,27,30)(H,28,31)/t19?,21-/m0/s1. The van der Waals surface area contributed by atoms with Crippen LogP contribution in [0.25, 0.3) is 0 Å². The number of Topliss-reactive ketones (excluding diaryl/α,β-unsaturated/α-hetero) is 1. The number of unbranched alkanes of at least 4 members (excludes halogenated alkanes) is 1. The van der Waals surface area contributed by atoms with E-state index >= 15 is 0 Å². The van der Waals surface area contributed by atoms with Gasteiger partial charge in [0, 0.05) is 29.5 Å². The second kappa shape index (κ2) is 13.5. The zero-order valence-corrected chi connectivity index (χ0v) is 18.7. The molecule has 2 aromatic carbocycles. The maximum absolute atomic E-state index is 12.4. The lowest BCUT2D eigenvalue weighted by molar-refractivity contribution is -0.128. The molecule has 8 heteroatoms. The number of halogens is 1. The van der Waals surface area contributed by atoms with E-state index in [1.54, 1.807) is 18.2 Å². The molecule has 0 aliphatic heterocycles. The molecule has 0 aliphatic rings. The van der Waals surface area contributed by atoms with Crippen molar-refractivity contribution in [3.63, 3.8) is 0 Å². The second-order valence-corrected chi connectivity index (χ2v) is 8.06. The minimum Gasteiger partial charge on any atom is -0.445 e. The molecule has 2 aromatic rings. The summed E-state index contributed by atoms with van der Waals surface area (Å²) in [7, 11) is 0. The quantitative estimate of drug-likeness (QED) is 0.396. The van der Waals surface area contributed by atoms with Crippen LogP contribution in [0.3, 0.4) is 0 Å². The first kappa shape index (κ1) is 25.4. The fraction of sp³-hybridized carbons (Fsp3) is 0.375. The number of primary amides is 1. The molecule has 5 N–H and O–H groups in total. The summed E-state index contributed by atoms with van der Waals surface area (Å²) in [5, 5.41) is 3.20. The van der Waals surface area contributed by atoms with E-state index in [0.717, 1.165) is 11.1 Å². The van der Waals surface area contributed by atoms with Crippen molar-refractivity contribution in [2.45, 2.75) is 44.8 Å². The predicted molar refractivity (Wildman–Crippen MR) is 124 cm³/mol. The Morgan fingerprint density at radius 2 is 1.69 bits per heavy atom. The lowest BCUT2D eigenvalue weighted by Crippen LogP contribution is -2.35. The summed E-state index contributed by atoms with van der Waals surface area (Å²) >= 11 is 6.02. The summed E-state index contributed by atoms with van der Waals surface area (Å²) in [5.41, 5.74) is 13.2. The fourth-order valence-electron chi connectivity index (χ4n) is 3.22. The number of alkyl carbamates (subject to hydrolysis) is 1. The van der Waals surface area contributed by atoms with Crippen LogP contribution in [0.2, 0.25) is 5.02 Å². The fourth-order valence-corrected chi connectivity index (χ4v) is 3.41. The van der Waals surface area contributed by atoms with Gasteiger partial charge in [-0.15, -0.1) is 0 Å². The van der Waals surface area contributed by atoms with Gasteiger partial charge in [0.15, 0.2) is 0 Å². The van der Waals surface area contributed by atoms with Crippen molar-refractivity contribution in [3.8, 4) is 0 Å². The van der Waals surface area contributed by atoms with Crippen LogP contribution >= 0.6 is 11.6 Å². The van der Waals surface area contributed by atoms with Crippen LogP contribution in [0.1, 0.15) is 36.8 Å². The third-order valence-corrected chi connectivity index (χ3v) is 5.49. The Morgan fingerprint density at radius 1 is 1.00 bits per heavy atom. The number of nitrogens with two attached hydrogens (primary N) is 2. The number of amides is 2. The van der Waals surface area contributed by atoms with Gasteiger partial charge in [0.1, 0.15) is 12.4 Å². The Kier molecular flexibility index (Phi) is 10.7. The first-order valence-electron chi connectivity index (χ1n) is 10.6. The first-order valence-corrected chi connectivity index (χ1v) is 11.0. The largest absolute Gasteiger partial charge is 0.445 e. The number of carbonyl (C=O) groups excluding carboxylic acids is 3. The highest BCUT2D eigenvalue weighted by Crippen LogP contribution is 2.16. The Hall–Kier alpha value is -2.90. The van der Waals surface area contributed by atoms with Gasteiger partial charge < -0.3 is 21.5 Å². The number of rotatable bonds is 13. The Labute approximate surface area is 193 Å². The predicted octanol–water partition coefficient (Wildman–Crippen LogP) is 3.37. The van der Waals surface area contributed by atoms with Gasteiger partial charge in [-0.1, -0.05) is 60.1 Å². The van der Waals surface area contributed by atoms with Crippen molar-refractivity contribution in [2.75, 3.05) is 6.54 Å². The highest BCUT2D eigenvalue weighted by molar-refractivity contribution is 6.31. The van der Waals surface area contributed by atoms with E-state index in [1.807, 2.05) is 36.4 Å². The molecule has 1 unspecified atom stereocenters. The molecule has 0 aliphatic carbocycles. The van der Waals surface area contributed by atoms with E-state index in [2.05, 4.69) is 5.32 Å². The summed E-state index contributed by atoms with van der Waals surface area (Å²) in [5.74, 6) is -1.27. The van der Waals surface area contributed by atoms with Crippen molar-refractivity contribution in [3.05, 3.63) is 70.7 Å². The van der Waals surface area contributed by atoms with Crippen LogP contribution in [0.5, 0.6) is 0 Å². The molecular formula is C24H30ClN3O4. The third kappa shape index (κ3) is 9.08. The second-order valence-electron chi connectivity index (χ2n) is 7.66. The molecule has 7 nitrogen and oxygen atoms in total. The van der Waals surface area contributed by atoms with Crippen molar-refractivity contribution >= 4 is 29.4 Å². The van der Waals surface area contributed by atoms with Gasteiger partial charge in [0.2, 0.25) is 5.91 Å². The zero-order chi connectivity index (χ0) is 23.3. The summed E-state index contributed by atoms with van der Waals surface area (Å²) < 4.78 is 5.13. The smallest absolute Gasteiger partial charge is 0.407 e. The number of ketones is 1. The molecule has 2 amide bonds. The number of hydrogen-bond donors (Lipinski definition) is 3. The van der Waals surface area contributed by atoms with Gasteiger partial charge in [0.05, 0.1) is 6.04 Å². The summed E-state index contributed by atoms with van der Waals surface area (Å²) in [6, 6.07) is 15.9. The number of benzene rings is 2. The molecule has 0 spiro atoms. The molecule has 0 bridgehead atoms. The highest BCUT2D eigenvalue weighted by Gasteiger charge is 2.23. The van der Waals surface area contributed by atoms with Gasteiger partial charge in [-0.25, -0.2) is 4.79 Å². The van der Waals surface area contributed by atoms with Crippen LogP contribution < -0.4 is 16.8 Å². The lowest BCUT2D eigenvalue weighted by atomic mass is 9.90. The van der Waals surface area contributed by atoms with Gasteiger partial charge in [-0.2, -0.15) is 0 Å². The molecule has 0 heterocycles. The van der Waals surface area contributed by atoms with Crippen molar-refractivity contribution < 1.29 is 19.1 Å². The van der Waals surface area contributed by atoms with E-state index in [-0.39, 0.29) is 18.8 Å². The van der Waals surface area contributed by atoms with Crippen LogP contribution in [-0.4, -0.2) is 30.4 Å². The van der Waals surface area contributed by atoms with Crippen LogP contribution in [0.4, 0.5) is 4.79 Å². The maximum atomic E-state index is 12.4. The first-order chi connectivity index (χ1) is 15.4. The van der Waals surface area contributed by atoms with Crippen LogP contribution in [0.15, 0.2) is 54.6 Å². The SMILES string of the molecule is NC(=O)C(CC(=O)[C@@H](N)CCCCNC(=O)OCc1ccccc1Cl)Cc1ccccc1. The van der Waals surface area contributed by atoms with Crippen molar-refractivity contribution in [2.24, 2.45) is 17.4 Å². The topological polar surface area (TPSA) is 125 Å². The summed E-state index contributed by atoms with van der Waals surface area (Å²) in [4.78, 5) is 36.0. The Morgan fingerprint density at radius 3 is 2.38 bits per heavy atom. The molecule has 0 saturated carbocycles. The normalized spacial score (nSPS) is 12.6. The average Bonchev–Trinajstić information content (AvgIpc) is 2.78. The number of nitrogens with one attached hydrogen (secondary N) is 1. The number of ether oxygens (including phenoxy) is 1. The molecule has 0 aromatic heterocycles. The molecule has 0 radical (unpaired) electrons. The van der Waals surface area contributed by atoms with E-state index in [9.17, 15) is 14.4 Å². The minimum atomic E-state index is -0.667. The lowest BCUT2D eigenvalue weighted by Gasteiger charge is -2.16. The van der Waals surface area contributed by atoms with Crippen molar-refractivity contribution in [1.82, 2.24) is 5.32 Å². The highest BCUT2D eigenvalue weighted by atomic mass is 35.5. The van der Waals surface area contributed by atoms with E-state index in [4.69, 9.17) is 27.8 Å². The molecule has 2 atom stereocenters. The van der Waals surface area contributed by atoms with E-state index in [1.165, 1.54) is 0 Å². The summed E-state index contributed by atoms with van der Waals surface area (Å²) in [6.07, 6.45) is 1.66. The van der Waals surface area contributed by atoms with E-state index in [0.29, 0.717) is 37.3 Å². The zero-order valence-electron chi connectivity index (χ0n) is 18.0. The molecule has 0 fully saturated rings. The van der Waals surface area contributed by atoms with Gasteiger partial charge in [-0.05, 0) is 37.3 Å². The maximum Gasteiger partial charge on any atom is 0.407 e. The van der Waals surface area contributed by atoms with Gasteiger partial charge >= 0.3 is 6.09 Å². The minimum absolute atomic E-state index is 0.0258. The molecule has 32 heavy (non-hydrogen) atoms. The third-order valence-electron chi connectivity index (χ3n) is 5.12. The Balaban J connectivity index is 1.63. The number of carbonyl (C=O) groups is 3. The van der Waals surface area contributed by atoms with Crippen LogP contribution in [0, 0.1) is 5.92 Å². The van der Waals surface area contributed by atoms with Crippen molar-refractivity contribution in [1.29, 1.82) is 0 Å². The number of hydrogen-bond acceptors (Lipinski definition) is 5. The summed E-state index contributed by atoms with van der Waals surface area (Å²) in [6.45, 7) is 0.495. The molecule has 172 valence electrons. The van der Waals surface area contributed by atoms with Crippen LogP contribution in [-0.2, 0) is 27.4 Å². The average molecular weight is 460 g/mol. The van der Waals surface area contributed by atoms with E-state index < -0.39 is 24.0 Å². The Bertz CT molecular complexity index is 892. The molecule has 0 saturated heterocycles.